The van der Waals surface area contributed by atoms with Gasteiger partial charge in [-0.2, -0.15) is 5.10 Å². The van der Waals surface area contributed by atoms with Crippen molar-refractivity contribution in [3.63, 3.8) is 0 Å². The van der Waals surface area contributed by atoms with Gasteiger partial charge in [0, 0.05) is 37.4 Å². The highest BCUT2D eigenvalue weighted by molar-refractivity contribution is 5.09. The second kappa shape index (κ2) is 5.42. The average Bonchev–Trinajstić information content (AvgIpc) is 2.81. The lowest BCUT2D eigenvalue weighted by atomic mass is 10.2. The van der Waals surface area contributed by atoms with Crippen molar-refractivity contribution in [2.24, 2.45) is 0 Å². The van der Waals surface area contributed by atoms with Crippen LogP contribution in [0.5, 0.6) is 0 Å². The van der Waals surface area contributed by atoms with Gasteiger partial charge in [0.1, 0.15) is 0 Å². The van der Waals surface area contributed by atoms with E-state index < -0.39 is 0 Å². The Hall–Kier alpha value is -1.68. The van der Waals surface area contributed by atoms with Crippen LogP contribution in [-0.4, -0.2) is 20.8 Å². The molecule has 0 saturated heterocycles. The van der Waals surface area contributed by atoms with Crippen LogP contribution in [0.4, 0.5) is 0 Å². The van der Waals surface area contributed by atoms with Crippen LogP contribution in [0, 0.1) is 0 Å². The molecule has 1 N–H and O–H groups in total. The van der Waals surface area contributed by atoms with Gasteiger partial charge in [-0.25, -0.2) is 0 Å². The number of nitrogens with one attached hydrogen (secondary N) is 1. The van der Waals surface area contributed by atoms with Crippen molar-refractivity contribution in [2.45, 2.75) is 26.1 Å². The summed E-state index contributed by atoms with van der Waals surface area (Å²) in [4.78, 5) is 3.99. The molecule has 0 aromatic carbocycles. The standard InChI is InChI=1S/C12H16N4/c1-11(10-16-8-2-5-15-16)14-9-12-3-6-13-7-4-12/h2-8,11,14H,9-10H2,1H3. The predicted octanol–water partition coefficient (Wildman–Crippen LogP) is 1.46. The molecule has 2 aromatic heterocycles. The Labute approximate surface area is 95.3 Å². The van der Waals surface area contributed by atoms with E-state index in [1.807, 2.05) is 41.5 Å². The molecule has 2 heterocycles. The summed E-state index contributed by atoms with van der Waals surface area (Å²) in [7, 11) is 0. The van der Waals surface area contributed by atoms with Crippen molar-refractivity contribution < 1.29 is 0 Å². The summed E-state index contributed by atoms with van der Waals surface area (Å²) in [6.07, 6.45) is 7.41. The van der Waals surface area contributed by atoms with Crippen LogP contribution in [0.2, 0.25) is 0 Å². The fourth-order valence-electron chi connectivity index (χ4n) is 1.55. The Morgan fingerprint density at radius 2 is 2.12 bits per heavy atom. The van der Waals surface area contributed by atoms with Crippen molar-refractivity contribution in [2.75, 3.05) is 0 Å². The molecule has 16 heavy (non-hydrogen) atoms. The van der Waals surface area contributed by atoms with E-state index in [2.05, 4.69) is 22.3 Å². The highest BCUT2D eigenvalue weighted by atomic mass is 15.3. The molecule has 0 spiro atoms. The summed E-state index contributed by atoms with van der Waals surface area (Å²) in [5.41, 5.74) is 1.25. The smallest absolute Gasteiger partial charge is 0.0560 e. The highest BCUT2D eigenvalue weighted by Gasteiger charge is 2.02. The summed E-state index contributed by atoms with van der Waals surface area (Å²) in [5.74, 6) is 0. The van der Waals surface area contributed by atoms with Gasteiger partial charge in [0.05, 0.1) is 6.54 Å². The van der Waals surface area contributed by atoms with E-state index in [4.69, 9.17) is 0 Å². The Balaban J connectivity index is 1.78. The zero-order valence-corrected chi connectivity index (χ0v) is 9.37. The van der Waals surface area contributed by atoms with Gasteiger partial charge in [-0.15, -0.1) is 0 Å². The maximum Gasteiger partial charge on any atom is 0.0560 e. The van der Waals surface area contributed by atoms with Gasteiger partial charge >= 0.3 is 0 Å². The zero-order valence-electron chi connectivity index (χ0n) is 9.37. The van der Waals surface area contributed by atoms with Crippen molar-refractivity contribution in [3.05, 3.63) is 48.5 Å². The quantitative estimate of drug-likeness (QED) is 0.822. The van der Waals surface area contributed by atoms with Crippen LogP contribution in [0.25, 0.3) is 0 Å². The molecule has 0 radical (unpaired) electrons. The molecule has 2 aromatic rings. The average molecular weight is 216 g/mol. The van der Waals surface area contributed by atoms with E-state index in [1.54, 1.807) is 6.20 Å². The normalized spacial score (nSPS) is 12.6. The minimum absolute atomic E-state index is 0.396. The fourth-order valence-corrected chi connectivity index (χ4v) is 1.55. The predicted molar refractivity (Wildman–Crippen MR) is 62.8 cm³/mol. The van der Waals surface area contributed by atoms with Gasteiger partial charge in [0.15, 0.2) is 0 Å². The van der Waals surface area contributed by atoms with Crippen LogP contribution in [0.15, 0.2) is 43.0 Å². The summed E-state index contributed by atoms with van der Waals surface area (Å²) in [5, 5.41) is 7.63. The topological polar surface area (TPSA) is 42.7 Å². The number of hydrogen-bond donors (Lipinski definition) is 1. The lowest BCUT2D eigenvalue weighted by Gasteiger charge is -2.13. The van der Waals surface area contributed by atoms with Gasteiger partial charge in [0.25, 0.3) is 0 Å². The summed E-state index contributed by atoms with van der Waals surface area (Å²) in [6, 6.07) is 6.38. The maximum absolute atomic E-state index is 4.18. The van der Waals surface area contributed by atoms with Crippen LogP contribution >= 0.6 is 0 Å². The van der Waals surface area contributed by atoms with Gasteiger partial charge in [-0.05, 0) is 30.7 Å². The monoisotopic (exact) mass is 216 g/mol. The Kier molecular flexibility index (Phi) is 3.66. The van der Waals surface area contributed by atoms with E-state index in [1.165, 1.54) is 5.56 Å². The maximum atomic E-state index is 4.18. The minimum atomic E-state index is 0.396. The largest absolute Gasteiger partial charge is 0.308 e. The van der Waals surface area contributed by atoms with Crippen LogP contribution < -0.4 is 5.32 Å². The first-order valence-corrected chi connectivity index (χ1v) is 5.44. The third-order valence-corrected chi connectivity index (χ3v) is 2.42. The second-order valence-electron chi connectivity index (χ2n) is 3.87. The Morgan fingerprint density at radius 1 is 1.31 bits per heavy atom. The molecule has 0 fully saturated rings. The van der Waals surface area contributed by atoms with Gasteiger partial charge in [0.2, 0.25) is 0 Å². The number of hydrogen-bond acceptors (Lipinski definition) is 3. The highest BCUT2D eigenvalue weighted by Crippen LogP contribution is 1.97. The van der Waals surface area contributed by atoms with E-state index in [9.17, 15) is 0 Å². The molecular formula is C12H16N4. The Morgan fingerprint density at radius 3 is 2.81 bits per heavy atom. The molecule has 0 amide bonds. The summed E-state index contributed by atoms with van der Waals surface area (Å²) in [6.45, 7) is 3.91. The molecule has 1 atom stereocenters. The second-order valence-corrected chi connectivity index (χ2v) is 3.87. The number of rotatable bonds is 5. The molecule has 0 bridgehead atoms. The molecule has 84 valence electrons. The summed E-state index contributed by atoms with van der Waals surface area (Å²) >= 11 is 0. The van der Waals surface area contributed by atoms with Crippen molar-refractivity contribution in [1.82, 2.24) is 20.1 Å². The molecule has 2 rings (SSSR count). The van der Waals surface area contributed by atoms with Crippen molar-refractivity contribution in [1.29, 1.82) is 0 Å². The molecule has 0 aliphatic rings. The first-order chi connectivity index (χ1) is 7.84. The lowest BCUT2D eigenvalue weighted by Crippen LogP contribution is -2.30. The van der Waals surface area contributed by atoms with E-state index >= 15 is 0 Å². The van der Waals surface area contributed by atoms with Gasteiger partial charge in [-0.1, -0.05) is 0 Å². The van der Waals surface area contributed by atoms with Crippen LogP contribution in [0.1, 0.15) is 12.5 Å². The lowest BCUT2D eigenvalue weighted by molar-refractivity contribution is 0.451. The molecule has 1 unspecified atom stereocenters. The number of nitrogens with zero attached hydrogens (tertiary/aromatic N) is 3. The third-order valence-electron chi connectivity index (χ3n) is 2.42. The summed E-state index contributed by atoms with van der Waals surface area (Å²) < 4.78 is 1.93. The number of aromatic nitrogens is 3. The minimum Gasteiger partial charge on any atom is -0.308 e. The number of pyridine rings is 1. The fraction of sp³-hybridized carbons (Fsp3) is 0.333. The Bertz CT molecular complexity index is 396. The van der Waals surface area contributed by atoms with E-state index in [0.29, 0.717) is 6.04 Å². The van der Waals surface area contributed by atoms with Crippen molar-refractivity contribution >= 4 is 0 Å². The molecule has 0 saturated carbocycles. The third kappa shape index (κ3) is 3.17. The van der Waals surface area contributed by atoms with Crippen molar-refractivity contribution in [3.8, 4) is 0 Å². The molecular weight excluding hydrogens is 200 g/mol. The SMILES string of the molecule is CC(Cn1cccn1)NCc1ccncc1. The van der Waals surface area contributed by atoms with Gasteiger partial charge in [-0.3, -0.25) is 9.67 Å². The molecule has 4 nitrogen and oxygen atoms in total. The van der Waals surface area contributed by atoms with Gasteiger partial charge < -0.3 is 5.32 Å². The molecule has 4 heteroatoms. The van der Waals surface area contributed by atoms with E-state index in [-0.39, 0.29) is 0 Å². The van der Waals surface area contributed by atoms with Crippen LogP contribution in [0.3, 0.4) is 0 Å². The van der Waals surface area contributed by atoms with Crippen LogP contribution in [-0.2, 0) is 13.1 Å². The first-order valence-electron chi connectivity index (χ1n) is 5.44. The molecule has 0 aliphatic heterocycles. The zero-order chi connectivity index (χ0) is 11.2. The first kappa shape index (κ1) is 10.8. The molecule has 0 aliphatic carbocycles. The van der Waals surface area contributed by atoms with E-state index in [0.717, 1.165) is 13.1 Å².